The summed E-state index contributed by atoms with van der Waals surface area (Å²) < 4.78 is 13.2. The fourth-order valence-electron chi connectivity index (χ4n) is 3.25. The van der Waals surface area contributed by atoms with Crippen LogP contribution in [0.15, 0.2) is 59.5 Å². The van der Waals surface area contributed by atoms with E-state index in [2.05, 4.69) is 0 Å². The molecule has 1 saturated heterocycles. The lowest BCUT2D eigenvalue weighted by Gasteiger charge is -2.24. The predicted molar refractivity (Wildman–Crippen MR) is 104 cm³/mol. The number of amides is 1. The van der Waals surface area contributed by atoms with E-state index in [-0.39, 0.29) is 18.1 Å². The molecular formula is C21H20FNO4S. The van der Waals surface area contributed by atoms with Gasteiger partial charge in [-0.25, -0.2) is 9.18 Å². The zero-order valence-corrected chi connectivity index (χ0v) is 15.9. The smallest absolute Gasteiger partial charge is 0.326 e. The van der Waals surface area contributed by atoms with Gasteiger partial charge in [-0.2, -0.15) is 0 Å². The van der Waals surface area contributed by atoms with Crippen LogP contribution in [0.5, 0.6) is 0 Å². The topological polar surface area (TPSA) is 74.7 Å². The number of carboxylic acid groups (broad SMARTS) is 1. The summed E-state index contributed by atoms with van der Waals surface area (Å²) in [5.74, 6) is -2.11. The first-order valence-corrected chi connectivity index (χ1v) is 9.87. The molecule has 1 N–H and O–H groups in total. The molecule has 28 heavy (non-hydrogen) atoms. The lowest BCUT2D eigenvalue weighted by atomic mass is 10.1. The molecule has 0 saturated carbocycles. The number of benzene rings is 2. The third-order valence-corrected chi connectivity index (χ3v) is 5.87. The zero-order valence-electron chi connectivity index (χ0n) is 15.1. The van der Waals surface area contributed by atoms with Crippen LogP contribution in [0.4, 0.5) is 4.39 Å². The largest absolute Gasteiger partial charge is 0.480 e. The van der Waals surface area contributed by atoms with E-state index < -0.39 is 23.1 Å². The van der Waals surface area contributed by atoms with Gasteiger partial charge < -0.3 is 10.0 Å². The first-order valence-electron chi connectivity index (χ1n) is 8.99. The van der Waals surface area contributed by atoms with Crippen molar-refractivity contribution in [2.24, 2.45) is 0 Å². The number of halogens is 1. The first kappa shape index (κ1) is 20.1. The second kappa shape index (κ2) is 9.01. The number of hydrogen-bond donors (Lipinski definition) is 1. The van der Waals surface area contributed by atoms with Crippen molar-refractivity contribution >= 4 is 29.4 Å². The summed E-state index contributed by atoms with van der Waals surface area (Å²) >= 11 is 1.25. The Morgan fingerprint density at radius 2 is 1.79 bits per heavy atom. The number of ketones is 1. The van der Waals surface area contributed by atoms with Crippen LogP contribution in [0.25, 0.3) is 0 Å². The lowest BCUT2D eigenvalue weighted by molar-refractivity contribution is -0.148. The van der Waals surface area contributed by atoms with E-state index in [1.165, 1.54) is 40.9 Å². The minimum atomic E-state index is -1.03. The van der Waals surface area contributed by atoms with Crippen LogP contribution in [0.2, 0.25) is 0 Å². The fourth-order valence-corrected chi connectivity index (χ4v) is 4.36. The second-order valence-corrected chi connectivity index (χ2v) is 7.85. The Morgan fingerprint density at radius 3 is 2.43 bits per heavy atom. The van der Waals surface area contributed by atoms with E-state index in [4.69, 9.17) is 0 Å². The number of hydrogen-bond acceptors (Lipinski definition) is 4. The van der Waals surface area contributed by atoms with E-state index in [1.54, 1.807) is 0 Å². The minimum absolute atomic E-state index is 0.112. The first-order chi connectivity index (χ1) is 13.5. The van der Waals surface area contributed by atoms with Gasteiger partial charge in [0.1, 0.15) is 11.9 Å². The van der Waals surface area contributed by atoms with Gasteiger partial charge in [-0.05, 0) is 49.2 Å². The third-order valence-electron chi connectivity index (χ3n) is 4.66. The van der Waals surface area contributed by atoms with Gasteiger partial charge in [0.15, 0.2) is 5.78 Å². The molecule has 2 atom stereocenters. The van der Waals surface area contributed by atoms with Crippen molar-refractivity contribution in [3.8, 4) is 0 Å². The molecule has 146 valence electrons. The molecule has 7 heteroatoms. The number of rotatable bonds is 7. The predicted octanol–water partition coefficient (Wildman–Crippen LogP) is 3.64. The van der Waals surface area contributed by atoms with Gasteiger partial charge in [0.2, 0.25) is 5.91 Å². The Kier molecular flexibility index (Phi) is 6.46. The molecule has 1 fully saturated rings. The lowest BCUT2D eigenvalue weighted by Crippen LogP contribution is -2.42. The van der Waals surface area contributed by atoms with Gasteiger partial charge in [0, 0.05) is 23.4 Å². The van der Waals surface area contributed by atoms with E-state index in [0.29, 0.717) is 24.9 Å². The van der Waals surface area contributed by atoms with Crippen LogP contribution in [0, 0.1) is 5.82 Å². The molecular weight excluding hydrogens is 381 g/mol. The Bertz CT molecular complexity index is 856. The van der Waals surface area contributed by atoms with Crippen LogP contribution < -0.4 is 0 Å². The summed E-state index contributed by atoms with van der Waals surface area (Å²) in [6.07, 6.45) is 0.939. The average molecular weight is 401 g/mol. The second-order valence-electron chi connectivity index (χ2n) is 6.58. The molecule has 1 heterocycles. The summed E-state index contributed by atoms with van der Waals surface area (Å²) in [5, 5.41) is 8.59. The van der Waals surface area contributed by atoms with Crippen molar-refractivity contribution in [2.75, 3.05) is 6.54 Å². The molecule has 3 rings (SSSR count). The highest BCUT2D eigenvalue weighted by Crippen LogP contribution is 2.30. The van der Waals surface area contributed by atoms with Gasteiger partial charge in [0.05, 0.1) is 5.25 Å². The summed E-state index contributed by atoms with van der Waals surface area (Å²) in [5.41, 5.74) is 0.318. The number of aliphatic carboxylic acids is 1. The molecule has 0 aromatic heterocycles. The SMILES string of the molecule is O=C(c1ccc(F)cc1)C(CC(=O)N1CCC[C@H]1C(=O)O)Sc1ccccc1. The number of Topliss-reactive ketones (excluding diaryl/α,β-unsaturated/α-hetero) is 1. The van der Waals surface area contributed by atoms with Crippen LogP contribution in [-0.4, -0.2) is 45.5 Å². The highest BCUT2D eigenvalue weighted by atomic mass is 32.2. The molecule has 1 amide bonds. The minimum Gasteiger partial charge on any atom is -0.480 e. The number of carboxylic acids is 1. The monoisotopic (exact) mass is 401 g/mol. The van der Waals surface area contributed by atoms with Crippen molar-refractivity contribution < 1.29 is 23.9 Å². The van der Waals surface area contributed by atoms with Crippen LogP contribution in [0.1, 0.15) is 29.6 Å². The highest BCUT2D eigenvalue weighted by Gasteiger charge is 2.36. The van der Waals surface area contributed by atoms with Gasteiger partial charge in [-0.1, -0.05) is 18.2 Å². The molecule has 1 aliphatic heterocycles. The molecule has 1 aliphatic rings. The molecule has 5 nitrogen and oxygen atoms in total. The summed E-state index contributed by atoms with van der Waals surface area (Å²) in [6.45, 7) is 0.378. The molecule has 0 spiro atoms. The maximum absolute atomic E-state index is 13.2. The van der Waals surface area contributed by atoms with Crippen molar-refractivity contribution in [1.29, 1.82) is 0 Å². The molecule has 0 bridgehead atoms. The molecule has 2 aromatic carbocycles. The third kappa shape index (κ3) is 4.78. The summed E-state index contributed by atoms with van der Waals surface area (Å²) in [7, 11) is 0. The fraction of sp³-hybridized carbons (Fsp3) is 0.286. The van der Waals surface area contributed by atoms with E-state index >= 15 is 0 Å². The Labute approximate surface area is 166 Å². The molecule has 1 unspecified atom stereocenters. The van der Waals surface area contributed by atoms with Crippen molar-refractivity contribution in [3.63, 3.8) is 0 Å². The van der Waals surface area contributed by atoms with Gasteiger partial charge in [-0.3, -0.25) is 9.59 Å². The maximum atomic E-state index is 13.2. The number of nitrogens with zero attached hydrogens (tertiary/aromatic N) is 1. The standard InChI is InChI=1S/C21H20FNO4S/c22-15-10-8-14(9-11-15)20(25)18(28-16-5-2-1-3-6-16)13-19(24)23-12-4-7-17(23)21(26)27/h1-3,5-6,8-11,17-18H,4,7,12-13H2,(H,26,27)/t17-,18?/m0/s1. The van der Waals surface area contributed by atoms with Crippen LogP contribution in [0.3, 0.4) is 0 Å². The van der Waals surface area contributed by atoms with Crippen molar-refractivity contribution in [1.82, 2.24) is 4.90 Å². The van der Waals surface area contributed by atoms with Gasteiger partial charge in [0.25, 0.3) is 0 Å². The summed E-state index contributed by atoms with van der Waals surface area (Å²) in [6, 6.07) is 13.6. The van der Waals surface area contributed by atoms with Crippen molar-refractivity contribution in [2.45, 2.75) is 35.4 Å². The molecule has 0 aliphatic carbocycles. The number of likely N-dealkylation sites (tertiary alicyclic amines) is 1. The number of thioether (sulfide) groups is 1. The zero-order chi connectivity index (χ0) is 20.1. The normalized spacial score (nSPS) is 17.3. The maximum Gasteiger partial charge on any atom is 0.326 e. The van der Waals surface area contributed by atoms with Gasteiger partial charge in [-0.15, -0.1) is 11.8 Å². The summed E-state index contributed by atoms with van der Waals surface area (Å²) in [4.78, 5) is 39.3. The Hall–Kier alpha value is -2.67. The number of carbonyl (C=O) groups excluding carboxylic acids is 2. The van der Waals surface area contributed by atoms with Crippen molar-refractivity contribution in [3.05, 3.63) is 66.0 Å². The van der Waals surface area contributed by atoms with E-state index in [0.717, 1.165) is 4.90 Å². The van der Waals surface area contributed by atoms with Crippen LogP contribution >= 0.6 is 11.8 Å². The molecule has 2 aromatic rings. The highest BCUT2D eigenvalue weighted by molar-refractivity contribution is 8.00. The Morgan fingerprint density at radius 1 is 1.11 bits per heavy atom. The average Bonchev–Trinajstić information content (AvgIpc) is 3.19. The number of carbonyl (C=O) groups is 3. The Balaban J connectivity index is 1.81. The van der Waals surface area contributed by atoms with Gasteiger partial charge >= 0.3 is 5.97 Å². The van der Waals surface area contributed by atoms with E-state index in [1.807, 2.05) is 30.3 Å². The van der Waals surface area contributed by atoms with Crippen LogP contribution in [-0.2, 0) is 9.59 Å². The molecule has 0 radical (unpaired) electrons. The van der Waals surface area contributed by atoms with E-state index in [9.17, 15) is 23.9 Å². The quantitative estimate of drug-likeness (QED) is 0.566.